The number of nitrogens with zero attached hydrogens (tertiary/aromatic N) is 1. The molecule has 0 unspecified atom stereocenters. The molecule has 0 aliphatic rings. The molecule has 2 aromatic rings. The van der Waals surface area contributed by atoms with Gasteiger partial charge in [-0.1, -0.05) is 24.3 Å². The van der Waals surface area contributed by atoms with Gasteiger partial charge in [-0.15, -0.1) is 0 Å². The number of guanidine groups is 1. The van der Waals surface area contributed by atoms with Crippen LogP contribution in [0.4, 0.5) is 5.69 Å². The molecule has 0 bridgehead atoms. The predicted octanol–water partition coefficient (Wildman–Crippen LogP) is 3.33. The number of anilines is 1. The Labute approximate surface area is 186 Å². The first-order valence-electron chi connectivity index (χ1n) is 10.7. The van der Waals surface area contributed by atoms with Crippen LogP contribution in [-0.4, -0.2) is 53.1 Å². The van der Waals surface area contributed by atoms with Crippen molar-refractivity contribution < 1.29 is 14.2 Å². The maximum absolute atomic E-state index is 5.89. The van der Waals surface area contributed by atoms with E-state index in [-0.39, 0.29) is 0 Å². The molecule has 7 nitrogen and oxygen atoms in total. The molecule has 7 heteroatoms. The SMILES string of the molecule is CCNC(=NCc1ccc(NCCOC)cc1)NCc1ccc(C)cc1OCCOC. The van der Waals surface area contributed by atoms with E-state index in [4.69, 9.17) is 19.2 Å². The van der Waals surface area contributed by atoms with Crippen LogP contribution in [0.25, 0.3) is 0 Å². The van der Waals surface area contributed by atoms with Gasteiger partial charge >= 0.3 is 0 Å². The number of ether oxygens (including phenoxy) is 3. The maximum Gasteiger partial charge on any atom is 0.191 e. The minimum atomic E-state index is 0.525. The van der Waals surface area contributed by atoms with Crippen molar-refractivity contribution in [2.45, 2.75) is 26.9 Å². The Morgan fingerprint density at radius 2 is 1.71 bits per heavy atom. The first-order chi connectivity index (χ1) is 15.2. The maximum atomic E-state index is 5.89. The number of hydrogen-bond donors (Lipinski definition) is 3. The summed E-state index contributed by atoms with van der Waals surface area (Å²) in [7, 11) is 3.37. The largest absolute Gasteiger partial charge is 0.491 e. The number of hydrogen-bond acceptors (Lipinski definition) is 5. The van der Waals surface area contributed by atoms with Gasteiger partial charge in [-0.25, -0.2) is 4.99 Å². The van der Waals surface area contributed by atoms with Crippen LogP contribution in [0.5, 0.6) is 5.75 Å². The van der Waals surface area contributed by atoms with Gasteiger partial charge in [0.05, 0.1) is 19.8 Å². The van der Waals surface area contributed by atoms with E-state index in [1.807, 2.05) is 0 Å². The standard InChI is InChI=1S/C24H36N4O3/c1-5-25-24(27-17-20-7-10-22(11-8-20)26-12-13-29-3)28-18-21-9-6-19(2)16-23(21)31-15-14-30-4/h6-11,16,26H,5,12-15,17-18H2,1-4H3,(H2,25,27,28). The highest BCUT2D eigenvalue weighted by molar-refractivity contribution is 5.79. The summed E-state index contributed by atoms with van der Waals surface area (Å²) < 4.78 is 16.0. The van der Waals surface area contributed by atoms with E-state index in [9.17, 15) is 0 Å². The molecular weight excluding hydrogens is 392 g/mol. The van der Waals surface area contributed by atoms with Gasteiger partial charge in [0.2, 0.25) is 0 Å². The number of methoxy groups -OCH3 is 2. The molecule has 0 aliphatic heterocycles. The Bertz CT molecular complexity index is 794. The summed E-state index contributed by atoms with van der Waals surface area (Å²) in [5.41, 5.74) is 4.47. The van der Waals surface area contributed by atoms with Crippen LogP contribution in [-0.2, 0) is 22.6 Å². The third-order valence-electron chi connectivity index (χ3n) is 4.57. The molecule has 2 aromatic carbocycles. The van der Waals surface area contributed by atoms with Crippen LogP contribution in [0, 0.1) is 6.92 Å². The molecule has 0 saturated heterocycles. The quantitative estimate of drug-likeness (QED) is 0.258. The Balaban J connectivity index is 1.96. The van der Waals surface area contributed by atoms with E-state index in [0.717, 1.165) is 47.2 Å². The summed E-state index contributed by atoms with van der Waals surface area (Å²) in [4.78, 5) is 4.72. The zero-order valence-electron chi connectivity index (χ0n) is 19.2. The summed E-state index contributed by atoms with van der Waals surface area (Å²) in [6, 6.07) is 14.5. The van der Waals surface area contributed by atoms with Gasteiger partial charge in [-0.2, -0.15) is 0 Å². The Hall–Kier alpha value is -2.77. The number of rotatable bonds is 13. The second kappa shape index (κ2) is 14.3. The second-order valence-electron chi connectivity index (χ2n) is 7.12. The smallest absolute Gasteiger partial charge is 0.191 e. The zero-order valence-corrected chi connectivity index (χ0v) is 19.2. The van der Waals surface area contributed by atoms with Crippen molar-refractivity contribution in [2.75, 3.05) is 52.4 Å². The normalized spacial score (nSPS) is 11.3. The molecule has 0 heterocycles. The lowest BCUT2D eigenvalue weighted by Gasteiger charge is -2.15. The number of benzene rings is 2. The first-order valence-corrected chi connectivity index (χ1v) is 10.7. The van der Waals surface area contributed by atoms with Crippen molar-refractivity contribution in [3.05, 3.63) is 59.2 Å². The van der Waals surface area contributed by atoms with Gasteiger partial charge in [0.25, 0.3) is 0 Å². The Morgan fingerprint density at radius 3 is 2.42 bits per heavy atom. The summed E-state index contributed by atoms with van der Waals surface area (Å²) >= 11 is 0. The highest BCUT2D eigenvalue weighted by Crippen LogP contribution is 2.20. The fourth-order valence-electron chi connectivity index (χ4n) is 2.89. The average molecular weight is 429 g/mol. The van der Waals surface area contributed by atoms with Crippen LogP contribution >= 0.6 is 0 Å². The lowest BCUT2D eigenvalue weighted by molar-refractivity contribution is 0.145. The number of aryl methyl sites for hydroxylation is 1. The van der Waals surface area contributed by atoms with Crippen LogP contribution in [0.15, 0.2) is 47.5 Å². The number of nitrogens with one attached hydrogen (secondary N) is 3. The molecule has 0 fully saturated rings. The minimum Gasteiger partial charge on any atom is -0.491 e. The lowest BCUT2D eigenvalue weighted by Crippen LogP contribution is -2.36. The highest BCUT2D eigenvalue weighted by atomic mass is 16.5. The highest BCUT2D eigenvalue weighted by Gasteiger charge is 2.06. The van der Waals surface area contributed by atoms with Crippen molar-refractivity contribution in [1.29, 1.82) is 0 Å². The van der Waals surface area contributed by atoms with E-state index < -0.39 is 0 Å². The summed E-state index contributed by atoms with van der Waals surface area (Å²) in [6.45, 7) is 8.69. The summed E-state index contributed by atoms with van der Waals surface area (Å²) in [6.07, 6.45) is 0. The van der Waals surface area contributed by atoms with Gasteiger partial charge < -0.3 is 30.2 Å². The fourth-order valence-corrected chi connectivity index (χ4v) is 2.89. The predicted molar refractivity (Wildman–Crippen MR) is 127 cm³/mol. The topological polar surface area (TPSA) is 76.1 Å². The molecule has 0 saturated carbocycles. The van der Waals surface area contributed by atoms with Crippen molar-refractivity contribution in [2.24, 2.45) is 4.99 Å². The van der Waals surface area contributed by atoms with E-state index in [1.54, 1.807) is 14.2 Å². The third kappa shape index (κ3) is 9.27. The molecule has 0 spiro atoms. The van der Waals surface area contributed by atoms with Crippen LogP contribution in [0.2, 0.25) is 0 Å². The van der Waals surface area contributed by atoms with Crippen molar-refractivity contribution >= 4 is 11.6 Å². The minimum absolute atomic E-state index is 0.525. The summed E-state index contributed by atoms with van der Waals surface area (Å²) in [5.74, 6) is 1.64. The average Bonchev–Trinajstić information content (AvgIpc) is 2.78. The molecule has 0 aliphatic carbocycles. The molecule has 170 valence electrons. The van der Waals surface area contributed by atoms with Crippen molar-refractivity contribution in [1.82, 2.24) is 10.6 Å². The Morgan fingerprint density at radius 1 is 0.935 bits per heavy atom. The zero-order chi connectivity index (χ0) is 22.3. The van der Waals surface area contributed by atoms with Crippen LogP contribution in [0.3, 0.4) is 0 Å². The van der Waals surface area contributed by atoms with Gasteiger partial charge in [-0.3, -0.25) is 0 Å². The monoisotopic (exact) mass is 428 g/mol. The van der Waals surface area contributed by atoms with Crippen LogP contribution < -0.4 is 20.7 Å². The van der Waals surface area contributed by atoms with E-state index in [1.165, 1.54) is 0 Å². The van der Waals surface area contributed by atoms with E-state index >= 15 is 0 Å². The van der Waals surface area contributed by atoms with Gasteiger partial charge in [0, 0.05) is 45.1 Å². The summed E-state index contributed by atoms with van der Waals surface area (Å²) in [5, 5.41) is 10.0. The second-order valence-corrected chi connectivity index (χ2v) is 7.12. The van der Waals surface area contributed by atoms with Crippen molar-refractivity contribution in [3.63, 3.8) is 0 Å². The van der Waals surface area contributed by atoms with Gasteiger partial charge in [-0.05, 0) is 43.2 Å². The van der Waals surface area contributed by atoms with Crippen LogP contribution in [0.1, 0.15) is 23.6 Å². The molecule has 31 heavy (non-hydrogen) atoms. The molecule has 0 atom stereocenters. The molecular formula is C24H36N4O3. The molecule has 0 amide bonds. The Kier molecular flexibility index (Phi) is 11.3. The molecule has 0 radical (unpaired) electrons. The van der Waals surface area contributed by atoms with Gasteiger partial charge in [0.1, 0.15) is 12.4 Å². The lowest BCUT2D eigenvalue weighted by atomic mass is 10.1. The van der Waals surface area contributed by atoms with Crippen molar-refractivity contribution in [3.8, 4) is 5.75 Å². The van der Waals surface area contributed by atoms with E-state index in [2.05, 4.69) is 72.3 Å². The van der Waals surface area contributed by atoms with Gasteiger partial charge in [0.15, 0.2) is 5.96 Å². The number of aliphatic imine (C=N–C) groups is 1. The fraction of sp³-hybridized carbons (Fsp3) is 0.458. The molecule has 0 aromatic heterocycles. The first kappa shape index (κ1) is 24.5. The van der Waals surface area contributed by atoms with E-state index in [0.29, 0.717) is 32.9 Å². The molecule has 3 N–H and O–H groups in total. The molecule has 2 rings (SSSR count). The third-order valence-corrected chi connectivity index (χ3v) is 4.57.